The van der Waals surface area contributed by atoms with Gasteiger partial charge in [-0.3, -0.25) is 4.90 Å². The molecule has 0 amide bonds. The highest BCUT2D eigenvalue weighted by Crippen LogP contribution is 2.09. The zero-order chi connectivity index (χ0) is 12.0. The van der Waals surface area contributed by atoms with E-state index in [0.717, 1.165) is 26.3 Å². The summed E-state index contributed by atoms with van der Waals surface area (Å²) in [6.07, 6.45) is 2.52. The molecule has 0 aromatic carbocycles. The average molecular weight is 228 g/mol. The summed E-state index contributed by atoms with van der Waals surface area (Å²) in [4.78, 5) is 2.53. The Hall–Kier alpha value is -0.120. The third-order valence-corrected chi connectivity index (χ3v) is 3.61. The standard InChI is InChI=1S/C13H28N2O/c1-5-6-11(2)14-12(3)13(4)15-7-9-16-10-8-15/h11-14H,5-10H2,1-4H3. The van der Waals surface area contributed by atoms with Crippen LogP contribution in [0.2, 0.25) is 0 Å². The Morgan fingerprint density at radius 2 is 1.81 bits per heavy atom. The normalized spacial score (nSPS) is 24.0. The number of nitrogens with one attached hydrogen (secondary N) is 1. The maximum Gasteiger partial charge on any atom is 0.0594 e. The van der Waals surface area contributed by atoms with Crippen LogP contribution in [0.1, 0.15) is 40.5 Å². The lowest BCUT2D eigenvalue weighted by atomic mass is 10.1. The molecule has 1 saturated heterocycles. The quantitative estimate of drug-likeness (QED) is 0.751. The fourth-order valence-corrected chi connectivity index (χ4v) is 2.41. The molecule has 0 spiro atoms. The molecular weight excluding hydrogens is 200 g/mol. The van der Waals surface area contributed by atoms with E-state index in [2.05, 4.69) is 37.9 Å². The molecule has 1 heterocycles. The molecule has 0 saturated carbocycles. The van der Waals surface area contributed by atoms with Crippen molar-refractivity contribution in [2.45, 2.75) is 58.7 Å². The molecule has 0 aromatic heterocycles. The van der Waals surface area contributed by atoms with E-state index in [-0.39, 0.29) is 0 Å². The average Bonchev–Trinajstić information content (AvgIpc) is 2.29. The summed E-state index contributed by atoms with van der Waals surface area (Å²) in [5, 5.41) is 3.70. The van der Waals surface area contributed by atoms with Gasteiger partial charge in [0.2, 0.25) is 0 Å². The maximum atomic E-state index is 5.39. The van der Waals surface area contributed by atoms with Crippen molar-refractivity contribution in [3.05, 3.63) is 0 Å². The molecular formula is C13H28N2O. The minimum atomic E-state index is 0.555. The molecule has 0 bridgehead atoms. The Morgan fingerprint density at radius 1 is 1.19 bits per heavy atom. The van der Waals surface area contributed by atoms with Gasteiger partial charge in [-0.15, -0.1) is 0 Å². The lowest BCUT2D eigenvalue weighted by Gasteiger charge is -2.37. The van der Waals surface area contributed by atoms with Gasteiger partial charge >= 0.3 is 0 Å². The first-order chi connectivity index (χ1) is 7.65. The lowest BCUT2D eigenvalue weighted by Crippen LogP contribution is -2.52. The molecule has 1 aliphatic heterocycles. The summed E-state index contributed by atoms with van der Waals surface area (Å²) in [7, 11) is 0. The topological polar surface area (TPSA) is 24.5 Å². The monoisotopic (exact) mass is 228 g/mol. The van der Waals surface area contributed by atoms with Crippen LogP contribution >= 0.6 is 0 Å². The van der Waals surface area contributed by atoms with Crippen molar-refractivity contribution in [2.75, 3.05) is 26.3 Å². The summed E-state index contributed by atoms with van der Waals surface area (Å²) in [5.41, 5.74) is 0. The third-order valence-electron chi connectivity index (χ3n) is 3.61. The van der Waals surface area contributed by atoms with Crippen LogP contribution in [0.4, 0.5) is 0 Å². The molecule has 3 atom stereocenters. The van der Waals surface area contributed by atoms with Crippen LogP contribution in [0.15, 0.2) is 0 Å². The van der Waals surface area contributed by atoms with E-state index in [4.69, 9.17) is 4.74 Å². The molecule has 1 rings (SSSR count). The smallest absolute Gasteiger partial charge is 0.0594 e. The van der Waals surface area contributed by atoms with Crippen molar-refractivity contribution in [1.82, 2.24) is 10.2 Å². The highest BCUT2D eigenvalue weighted by atomic mass is 16.5. The van der Waals surface area contributed by atoms with E-state index in [0.29, 0.717) is 18.1 Å². The largest absolute Gasteiger partial charge is 0.379 e. The predicted octanol–water partition coefficient (Wildman–Crippen LogP) is 1.87. The maximum absolute atomic E-state index is 5.39. The van der Waals surface area contributed by atoms with Crippen molar-refractivity contribution in [1.29, 1.82) is 0 Å². The second kappa shape index (κ2) is 7.25. The van der Waals surface area contributed by atoms with Gasteiger partial charge in [0.1, 0.15) is 0 Å². The van der Waals surface area contributed by atoms with E-state index < -0.39 is 0 Å². The van der Waals surface area contributed by atoms with E-state index in [1.807, 2.05) is 0 Å². The number of hydrogen-bond donors (Lipinski definition) is 1. The van der Waals surface area contributed by atoms with Crippen LogP contribution in [0, 0.1) is 0 Å². The second-order valence-corrected chi connectivity index (χ2v) is 5.03. The molecule has 3 unspecified atom stereocenters. The van der Waals surface area contributed by atoms with Gasteiger partial charge in [-0.1, -0.05) is 13.3 Å². The van der Waals surface area contributed by atoms with Crippen LogP contribution in [0.3, 0.4) is 0 Å². The van der Waals surface area contributed by atoms with Crippen LogP contribution in [0.25, 0.3) is 0 Å². The highest BCUT2D eigenvalue weighted by molar-refractivity contribution is 4.81. The minimum absolute atomic E-state index is 0.555. The number of nitrogens with zero attached hydrogens (tertiary/aromatic N) is 1. The summed E-state index contributed by atoms with van der Waals surface area (Å²) in [6.45, 7) is 13.1. The summed E-state index contributed by atoms with van der Waals surface area (Å²) in [5.74, 6) is 0. The number of rotatable bonds is 6. The van der Waals surface area contributed by atoms with Crippen molar-refractivity contribution in [2.24, 2.45) is 0 Å². The molecule has 1 aliphatic rings. The van der Waals surface area contributed by atoms with Crippen molar-refractivity contribution >= 4 is 0 Å². The molecule has 0 aromatic rings. The van der Waals surface area contributed by atoms with Crippen LogP contribution in [-0.2, 0) is 4.74 Å². The van der Waals surface area contributed by atoms with Gasteiger partial charge in [0.25, 0.3) is 0 Å². The number of ether oxygens (including phenoxy) is 1. The van der Waals surface area contributed by atoms with Gasteiger partial charge in [-0.25, -0.2) is 0 Å². The fraction of sp³-hybridized carbons (Fsp3) is 1.00. The van der Waals surface area contributed by atoms with E-state index in [9.17, 15) is 0 Å². The predicted molar refractivity (Wildman–Crippen MR) is 68.8 cm³/mol. The third kappa shape index (κ3) is 4.40. The number of hydrogen-bond acceptors (Lipinski definition) is 3. The molecule has 0 aliphatic carbocycles. The van der Waals surface area contributed by atoms with Gasteiger partial charge in [0.05, 0.1) is 13.2 Å². The second-order valence-electron chi connectivity index (χ2n) is 5.03. The van der Waals surface area contributed by atoms with Crippen molar-refractivity contribution in [3.63, 3.8) is 0 Å². The van der Waals surface area contributed by atoms with Gasteiger partial charge in [0, 0.05) is 31.2 Å². The van der Waals surface area contributed by atoms with Crippen LogP contribution < -0.4 is 5.32 Å². The number of morpholine rings is 1. The van der Waals surface area contributed by atoms with E-state index in [1.54, 1.807) is 0 Å². The molecule has 1 fully saturated rings. The van der Waals surface area contributed by atoms with Gasteiger partial charge < -0.3 is 10.1 Å². The first-order valence-electron chi connectivity index (χ1n) is 6.73. The Kier molecular flexibility index (Phi) is 6.32. The van der Waals surface area contributed by atoms with E-state index >= 15 is 0 Å². The molecule has 3 nitrogen and oxygen atoms in total. The molecule has 96 valence electrons. The fourth-order valence-electron chi connectivity index (χ4n) is 2.41. The molecule has 1 N–H and O–H groups in total. The molecule has 0 radical (unpaired) electrons. The van der Waals surface area contributed by atoms with Gasteiger partial charge in [-0.2, -0.15) is 0 Å². The molecule has 3 heteroatoms. The Bertz CT molecular complexity index is 181. The Labute approximate surface area is 101 Å². The van der Waals surface area contributed by atoms with Gasteiger partial charge in [0.15, 0.2) is 0 Å². The van der Waals surface area contributed by atoms with Crippen LogP contribution in [0.5, 0.6) is 0 Å². The Morgan fingerprint density at radius 3 is 2.38 bits per heavy atom. The molecule has 16 heavy (non-hydrogen) atoms. The minimum Gasteiger partial charge on any atom is -0.379 e. The zero-order valence-corrected chi connectivity index (χ0v) is 11.3. The summed E-state index contributed by atoms with van der Waals surface area (Å²) in [6, 6.07) is 1.78. The Balaban J connectivity index is 2.30. The van der Waals surface area contributed by atoms with Crippen molar-refractivity contribution in [3.8, 4) is 0 Å². The first kappa shape index (κ1) is 13.9. The first-order valence-corrected chi connectivity index (χ1v) is 6.73. The summed E-state index contributed by atoms with van der Waals surface area (Å²) >= 11 is 0. The van der Waals surface area contributed by atoms with E-state index in [1.165, 1.54) is 12.8 Å². The summed E-state index contributed by atoms with van der Waals surface area (Å²) < 4.78 is 5.39. The SMILES string of the molecule is CCCC(C)NC(C)C(C)N1CCOCC1. The van der Waals surface area contributed by atoms with Gasteiger partial charge in [-0.05, 0) is 27.2 Å². The highest BCUT2D eigenvalue weighted by Gasteiger charge is 2.22. The van der Waals surface area contributed by atoms with Crippen molar-refractivity contribution < 1.29 is 4.74 Å². The zero-order valence-electron chi connectivity index (χ0n) is 11.3. The lowest BCUT2D eigenvalue weighted by molar-refractivity contribution is 0.0128. The van der Waals surface area contributed by atoms with Crippen LogP contribution in [-0.4, -0.2) is 49.3 Å².